The number of rotatable bonds is 3. The second-order valence-electron chi connectivity index (χ2n) is 10.8. The fourth-order valence-corrected chi connectivity index (χ4v) is 9.45. The van der Waals surface area contributed by atoms with Gasteiger partial charge in [0.05, 0.1) is 5.60 Å². The molecule has 3 unspecified atom stereocenters. The van der Waals surface area contributed by atoms with E-state index in [1.807, 2.05) is 5.57 Å². The topological polar surface area (TPSA) is 9.23 Å². The fourth-order valence-electron chi connectivity index (χ4n) is 7.80. The Kier molecular flexibility index (Phi) is 4.55. The molecule has 4 aliphatic carbocycles. The predicted molar refractivity (Wildman–Crippen MR) is 109 cm³/mol. The smallest absolute Gasteiger partial charge is 0.184 e. The van der Waals surface area contributed by atoms with Crippen LogP contribution in [-0.4, -0.2) is 13.9 Å². The molecule has 0 radical (unpaired) electrons. The lowest BCUT2D eigenvalue weighted by Crippen LogP contribution is -2.56. The average Bonchev–Trinajstić information content (AvgIpc) is 2.86. The summed E-state index contributed by atoms with van der Waals surface area (Å²) in [4.78, 5) is 0. The molecule has 0 amide bonds. The largest absolute Gasteiger partial charge is 0.412 e. The first-order chi connectivity index (χ1) is 11.8. The molecule has 0 saturated heterocycles. The van der Waals surface area contributed by atoms with Crippen LogP contribution >= 0.6 is 0 Å². The Morgan fingerprint density at radius 2 is 1.88 bits per heavy atom. The van der Waals surface area contributed by atoms with E-state index in [1.54, 1.807) is 0 Å². The van der Waals surface area contributed by atoms with Crippen LogP contribution < -0.4 is 0 Å². The maximum Gasteiger partial charge on any atom is 0.184 e. The standard InChI is InChI=1S/C23H40OSi/c1-6-23(24-25(3,4)5)16-14-21-20-12-11-17-9-7-8-10-18(17)19(20)13-15-22(21,23)2/h9,18-21H,6-8,10-16H2,1-5H3/t18-,19?,20?,21?,22-,23-/m0/s1. The first-order valence-electron chi connectivity index (χ1n) is 11.2. The number of allylic oxidation sites excluding steroid dienone is 2. The molecule has 25 heavy (non-hydrogen) atoms. The number of hydrogen-bond acceptors (Lipinski definition) is 1. The molecule has 0 heterocycles. The molecule has 0 spiro atoms. The molecule has 0 N–H and O–H groups in total. The van der Waals surface area contributed by atoms with Crippen molar-refractivity contribution in [2.45, 2.75) is 103 Å². The van der Waals surface area contributed by atoms with Gasteiger partial charge >= 0.3 is 0 Å². The molecule has 6 atom stereocenters. The van der Waals surface area contributed by atoms with Gasteiger partial charge in [-0.05, 0) is 113 Å². The molecule has 0 aromatic carbocycles. The van der Waals surface area contributed by atoms with Crippen LogP contribution in [0.3, 0.4) is 0 Å². The summed E-state index contributed by atoms with van der Waals surface area (Å²) in [6.45, 7) is 12.2. The molecular weight excluding hydrogens is 320 g/mol. The maximum atomic E-state index is 7.02. The highest BCUT2D eigenvalue weighted by Gasteiger charge is 2.63. The highest BCUT2D eigenvalue weighted by Crippen LogP contribution is 2.66. The Bertz CT molecular complexity index is 547. The molecule has 0 aromatic rings. The summed E-state index contributed by atoms with van der Waals surface area (Å²) in [5.74, 6) is 3.85. The Morgan fingerprint density at radius 3 is 2.60 bits per heavy atom. The van der Waals surface area contributed by atoms with Crippen LogP contribution in [0.1, 0.15) is 78.1 Å². The summed E-state index contributed by atoms with van der Waals surface area (Å²) in [5.41, 5.74) is 2.46. The van der Waals surface area contributed by atoms with E-state index in [4.69, 9.17) is 4.43 Å². The van der Waals surface area contributed by atoms with E-state index in [0.29, 0.717) is 5.41 Å². The number of hydrogen-bond donors (Lipinski definition) is 0. The summed E-state index contributed by atoms with van der Waals surface area (Å²) >= 11 is 0. The van der Waals surface area contributed by atoms with Crippen LogP contribution in [-0.2, 0) is 4.43 Å². The van der Waals surface area contributed by atoms with Gasteiger partial charge in [0.2, 0.25) is 0 Å². The van der Waals surface area contributed by atoms with Crippen LogP contribution in [0.2, 0.25) is 19.6 Å². The maximum absolute atomic E-state index is 7.02. The third kappa shape index (κ3) is 2.81. The monoisotopic (exact) mass is 360 g/mol. The zero-order valence-electron chi connectivity index (χ0n) is 17.4. The van der Waals surface area contributed by atoms with E-state index < -0.39 is 8.32 Å². The Morgan fingerprint density at radius 1 is 1.08 bits per heavy atom. The second kappa shape index (κ2) is 6.23. The van der Waals surface area contributed by atoms with Crippen molar-refractivity contribution in [1.29, 1.82) is 0 Å². The minimum atomic E-state index is -1.52. The minimum Gasteiger partial charge on any atom is -0.412 e. The predicted octanol–water partition coefficient (Wildman–Crippen LogP) is 6.95. The quantitative estimate of drug-likeness (QED) is 0.391. The highest BCUT2D eigenvalue weighted by molar-refractivity contribution is 6.69. The molecule has 0 aromatic heterocycles. The van der Waals surface area contributed by atoms with E-state index in [0.717, 1.165) is 23.7 Å². The summed E-state index contributed by atoms with van der Waals surface area (Å²) < 4.78 is 7.02. The van der Waals surface area contributed by atoms with E-state index >= 15 is 0 Å². The van der Waals surface area contributed by atoms with Crippen molar-refractivity contribution in [3.8, 4) is 0 Å². The second-order valence-corrected chi connectivity index (χ2v) is 15.3. The number of fused-ring (bicyclic) bond motifs is 5. The third-order valence-electron chi connectivity index (χ3n) is 8.74. The third-order valence-corrected chi connectivity index (χ3v) is 9.74. The van der Waals surface area contributed by atoms with Gasteiger partial charge in [-0.1, -0.05) is 25.5 Å². The van der Waals surface area contributed by atoms with E-state index in [1.165, 1.54) is 64.2 Å². The Hall–Kier alpha value is -0.0831. The zero-order valence-corrected chi connectivity index (χ0v) is 18.4. The lowest BCUT2D eigenvalue weighted by Gasteiger charge is -2.57. The SMILES string of the molecule is CC[C@]1(O[Si](C)(C)C)CCC2C3CCC4=CCCC[C@@H]4C3CC[C@@]21C. The van der Waals surface area contributed by atoms with E-state index in [-0.39, 0.29) is 5.60 Å². The molecule has 0 bridgehead atoms. The Labute approximate surface area is 157 Å². The fraction of sp³-hybridized carbons (Fsp3) is 0.913. The van der Waals surface area contributed by atoms with Gasteiger partial charge in [-0.25, -0.2) is 0 Å². The summed E-state index contributed by atoms with van der Waals surface area (Å²) in [5, 5.41) is 0. The molecule has 0 aliphatic heterocycles. The molecule has 3 fully saturated rings. The highest BCUT2D eigenvalue weighted by atomic mass is 28.4. The molecular formula is C23H40OSi. The molecule has 4 aliphatic rings. The first-order valence-corrected chi connectivity index (χ1v) is 14.6. The van der Waals surface area contributed by atoms with Gasteiger partial charge in [0.25, 0.3) is 0 Å². The van der Waals surface area contributed by atoms with Crippen LogP contribution in [0, 0.1) is 29.1 Å². The van der Waals surface area contributed by atoms with Gasteiger partial charge < -0.3 is 4.43 Å². The molecule has 4 rings (SSSR count). The van der Waals surface area contributed by atoms with Gasteiger partial charge in [-0.3, -0.25) is 0 Å². The van der Waals surface area contributed by atoms with Crippen molar-refractivity contribution >= 4 is 8.32 Å². The Balaban J connectivity index is 1.62. The van der Waals surface area contributed by atoms with Gasteiger partial charge in [-0.2, -0.15) is 0 Å². The van der Waals surface area contributed by atoms with Crippen molar-refractivity contribution < 1.29 is 4.43 Å². The first kappa shape index (κ1) is 18.3. The average molecular weight is 361 g/mol. The summed E-state index contributed by atoms with van der Waals surface area (Å²) in [7, 11) is -1.52. The normalized spacial score (nSPS) is 46.8. The lowest BCUT2D eigenvalue weighted by molar-refractivity contribution is -0.108. The lowest BCUT2D eigenvalue weighted by atomic mass is 9.50. The van der Waals surface area contributed by atoms with Crippen molar-refractivity contribution in [3.63, 3.8) is 0 Å². The van der Waals surface area contributed by atoms with Crippen LogP contribution in [0.4, 0.5) is 0 Å². The summed E-state index contributed by atoms with van der Waals surface area (Å²) in [6, 6.07) is 0. The van der Waals surface area contributed by atoms with E-state index in [2.05, 4.69) is 39.6 Å². The van der Waals surface area contributed by atoms with Crippen molar-refractivity contribution in [2.75, 3.05) is 0 Å². The van der Waals surface area contributed by atoms with Gasteiger partial charge in [0, 0.05) is 0 Å². The van der Waals surface area contributed by atoms with Crippen molar-refractivity contribution in [3.05, 3.63) is 11.6 Å². The minimum absolute atomic E-state index is 0.176. The molecule has 1 nitrogen and oxygen atoms in total. The molecule has 2 heteroatoms. The molecule has 142 valence electrons. The summed E-state index contributed by atoms with van der Waals surface area (Å²) in [6.07, 6.45) is 16.6. The van der Waals surface area contributed by atoms with Crippen LogP contribution in [0.15, 0.2) is 11.6 Å². The van der Waals surface area contributed by atoms with Crippen molar-refractivity contribution in [2.24, 2.45) is 29.1 Å². The van der Waals surface area contributed by atoms with Crippen molar-refractivity contribution in [1.82, 2.24) is 0 Å². The van der Waals surface area contributed by atoms with Crippen LogP contribution in [0.25, 0.3) is 0 Å². The van der Waals surface area contributed by atoms with Gasteiger partial charge in [0.15, 0.2) is 8.32 Å². The van der Waals surface area contributed by atoms with Gasteiger partial charge in [-0.15, -0.1) is 0 Å². The molecule has 3 saturated carbocycles. The zero-order chi connectivity index (χ0) is 17.9. The van der Waals surface area contributed by atoms with E-state index in [9.17, 15) is 0 Å². The van der Waals surface area contributed by atoms with Gasteiger partial charge in [0.1, 0.15) is 0 Å². The van der Waals surface area contributed by atoms with Crippen LogP contribution in [0.5, 0.6) is 0 Å².